The van der Waals surface area contributed by atoms with Gasteiger partial charge in [-0.25, -0.2) is 0 Å². The van der Waals surface area contributed by atoms with E-state index in [1.807, 2.05) is 6.07 Å². The van der Waals surface area contributed by atoms with Crippen molar-refractivity contribution in [2.24, 2.45) is 0 Å². The van der Waals surface area contributed by atoms with Crippen molar-refractivity contribution in [3.63, 3.8) is 0 Å². The lowest BCUT2D eigenvalue weighted by molar-refractivity contribution is -0.127. The maximum atomic E-state index is 11.9. The number of nitrogens with one attached hydrogen (secondary N) is 2. The molecule has 2 N–H and O–H groups in total. The molecule has 0 aliphatic heterocycles. The van der Waals surface area contributed by atoms with Crippen LogP contribution in [0.15, 0.2) is 30.3 Å². The minimum atomic E-state index is -4.26. The van der Waals surface area contributed by atoms with E-state index in [0.29, 0.717) is 5.69 Å². The van der Waals surface area contributed by atoms with Gasteiger partial charge in [0.2, 0.25) is 5.91 Å². The van der Waals surface area contributed by atoms with Gasteiger partial charge >= 0.3 is 6.18 Å². The van der Waals surface area contributed by atoms with Gasteiger partial charge in [0.25, 0.3) is 0 Å². The quantitative estimate of drug-likeness (QED) is 0.854. The second-order valence-corrected chi connectivity index (χ2v) is 4.02. The summed E-state index contributed by atoms with van der Waals surface area (Å²) < 4.78 is 35.8. The van der Waals surface area contributed by atoms with Crippen molar-refractivity contribution in [2.75, 3.05) is 11.9 Å². The van der Waals surface area contributed by atoms with Crippen molar-refractivity contribution in [3.8, 4) is 0 Å². The summed E-state index contributed by atoms with van der Waals surface area (Å²) in [5.41, 5.74) is 0.630. The van der Waals surface area contributed by atoms with E-state index in [9.17, 15) is 18.0 Å². The first kappa shape index (κ1) is 14.5. The summed E-state index contributed by atoms with van der Waals surface area (Å²) >= 11 is 0. The smallest absolute Gasteiger partial charge is 0.326 e. The summed E-state index contributed by atoms with van der Waals surface area (Å²) in [4.78, 5) is 11.5. The van der Waals surface area contributed by atoms with Crippen LogP contribution in [0.5, 0.6) is 0 Å². The van der Waals surface area contributed by atoms with Crippen molar-refractivity contribution in [1.82, 2.24) is 5.32 Å². The predicted octanol–water partition coefficient (Wildman–Crippen LogP) is 2.56. The number of alkyl halides is 3. The minimum Gasteiger partial charge on any atom is -0.326 e. The van der Waals surface area contributed by atoms with Crippen LogP contribution < -0.4 is 10.6 Å². The number of carbonyl (C=O) groups is 1. The molecule has 0 heterocycles. The molecule has 1 unspecified atom stereocenters. The standard InChI is InChI=1S/C12H15F3N2O/c1-9(16-8-12(13,14)15)7-11(18)17-10-5-3-2-4-6-10/h2-6,9,16H,7-8H2,1H3,(H,17,18). The fourth-order valence-electron chi connectivity index (χ4n) is 1.37. The zero-order valence-corrected chi connectivity index (χ0v) is 9.92. The molecule has 100 valence electrons. The van der Waals surface area contributed by atoms with Crippen LogP contribution in [-0.4, -0.2) is 24.7 Å². The summed E-state index contributed by atoms with van der Waals surface area (Å²) in [7, 11) is 0. The Bertz CT molecular complexity index is 379. The highest BCUT2D eigenvalue weighted by molar-refractivity contribution is 5.90. The highest BCUT2D eigenvalue weighted by Crippen LogP contribution is 2.13. The molecule has 6 heteroatoms. The van der Waals surface area contributed by atoms with Crippen LogP contribution in [0.25, 0.3) is 0 Å². The van der Waals surface area contributed by atoms with Gasteiger partial charge in [-0.15, -0.1) is 0 Å². The van der Waals surface area contributed by atoms with E-state index in [1.54, 1.807) is 24.3 Å². The zero-order valence-electron chi connectivity index (χ0n) is 9.92. The molecule has 0 aliphatic rings. The van der Waals surface area contributed by atoms with Crippen LogP contribution in [0.4, 0.5) is 18.9 Å². The van der Waals surface area contributed by atoms with Gasteiger partial charge in [-0.3, -0.25) is 4.79 Å². The molecule has 0 aliphatic carbocycles. The van der Waals surface area contributed by atoms with Gasteiger partial charge in [-0.2, -0.15) is 13.2 Å². The van der Waals surface area contributed by atoms with Gasteiger partial charge in [0.1, 0.15) is 0 Å². The lowest BCUT2D eigenvalue weighted by Crippen LogP contribution is -2.37. The van der Waals surface area contributed by atoms with Gasteiger partial charge in [0.15, 0.2) is 0 Å². The summed E-state index contributed by atoms with van der Waals surface area (Å²) in [5, 5.41) is 4.86. The van der Waals surface area contributed by atoms with Gasteiger partial charge in [-0.05, 0) is 19.1 Å². The molecule has 1 aromatic rings. The van der Waals surface area contributed by atoms with Crippen LogP contribution in [0, 0.1) is 0 Å². The summed E-state index contributed by atoms with van der Waals surface area (Å²) in [6.45, 7) is 0.448. The Balaban J connectivity index is 2.32. The third-order valence-electron chi connectivity index (χ3n) is 2.20. The van der Waals surface area contributed by atoms with Crippen molar-refractivity contribution in [2.45, 2.75) is 25.6 Å². The van der Waals surface area contributed by atoms with E-state index in [2.05, 4.69) is 10.6 Å². The fourth-order valence-corrected chi connectivity index (χ4v) is 1.37. The van der Waals surface area contributed by atoms with Crippen molar-refractivity contribution < 1.29 is 18.0 Å². The molecular formula is C12H15F3N2O. The van der Waals surface area contributed by atoms with E-state index in [-0.39, 0.29) is 12.3 Å². The van der Waals surface area contributed by atoms with E-state index < -0.39 is 18.8 Å². The monoisotopic (exact) mass is 260 g/mol. The maximum absolute atomic E-state index is 11.9. The number of para-hydroxylation sites is 1. The SMILES string of the molecule is CC(CC(=O)Nc1ccccc1)NCC(F)(F)F. The average Bonchev–Trinajstić information content (AvgIpc) is 2.26. The molecule has 0 radical (unpaired) electrons. The first-order valence-electron chi connectivity index (χ1n) is 5.52. The van der Waals surface area contributed by atoms with Crippen LogP contribution in [-0.2, 0) is 4.79 Å². The Morgan fingerprint density at radius 3 is 2.44 bits per heavy atom. The molecule has 18 heavy (non-hydrogen) atoms. The number of anilines is 1. The van der Waals surface area contributed by atoms with Crippen LogP contribution >= 0.6 is 0 Å². The molecule has 0 fully saturated rings. The molecule has 0 bridgehead atoms. The Kier molecular flexibility index (Phi) is 5.15. The Labute approximate surface area is 103 Å². The van der Waals surface area contributed by atoms with E-state index in [4.69, 9.17) is 0 Å². The highest BCUT2D eigenvalue weighted by atomic mass is 19.4. The number of carbonyl (C=O) groups excluding carboxylic acids is 1. The zero-order chi connectivity index (χ0) is 13.6. The summed E-state index contributed by atoms with van der Waals surface area (Å²) in [6.07, 6.45) is -4.27. The van der Waals surface area contributed by atoms with Gasteiger partial charge in [-0.1, -0.05) is 18.2 Å². The van der Waals surface area contributed by atoms with Crippen molar-refractivity contribution in [1.29, 1.82) is 0 Å². The number of hydrogen-bond donors (Lipinski definition) is 2. The number of benzene rings is 1. The van der Waals surface area contributed by atoms with Gasteiger partial charge in [0.05, 0.1) is 6.54 Å². The Morgan fingerprint density at radius 1 is 1.28 bits per heavy atom. The second-order valence-electron chi connectivity index (χ2n) is 4.02. The highest BCUT2D eigenvalue weighted by Gasteiger charge is 2.27. The second kappa shape index (κ2) is 6.39. The topological polar surface area (TPSA) is 41.1 Å². The molecular weight excluding hydrogens is 245 g/mol. The molecule has 1 rings (SSSR count). The largest absolute Gasteiger partial charge is 0.401 e. The lowest BCUT2D eigenvalue weighted by Gasteiger charge is -2.15. The first-order chi connectivity index (χ1) is 8.37. The maximum Gasteiger partial charge on any atom is 0.401 e. The number of rotatable bonds is 5. The van der Waals surface area contributed by atoms with Crippen LogP contribution in [0.1, 0.15) is 13.3 Å². The molecule has 0 saturated heterocycles. The normalized spacial score (nSPS) is 13.1. The molecule has 1 atom stereocenters. The van der Waals surface area contributed by atoms with Crippen LogP contribution in [0.2, 0.25) is 0 Å². The average molecular weight is 260 g/mol. The molecule has 0 saturated carbocycles. The molecule has 1 amide bonds. The summed E-state index contributed by atoms with van der Waals surface area (Å²) in [5.74, 6) is -0.316. The first-order valence-corrected chi connectivity index (χ1v) is 5.52. The number of hydrogen-bond acceptors (Lipinski definition) is 2. The molecule has 1 aromatic carbocycles. The van der Waals surface area contributed by atoms with Crippen molar-refractivity contribution >= 4 is 11.6 Å². The Morgan fingerprint density at radius 2 is 1.89 bits per heavy atom. The van der Waals surface area contributed by atoms with Gasteiger partial charge in [0, 0.05) is 18.2 Å². The predicted molar refractivity (Wildman–Crippen MR) is 63.2 cm³/mol. The van der Waals surface area contributed by atoms with E-state index in [0.717, 1.165) is 0 Å². The minimum absolute atomic E-state index is 0.00895. The van der Waals surface area contributed by atoms with Gasteiger partial charge < -0.3 is 10.6 Å². The third kappa shape index (κ3) is 6.24. The van der Waals surface area contributed by atoms with Crippen molar-refractivity contribution in [3.05, 3.63) is 30.3 Å². The van der Waals surface area contributed by atoms with E-state index >= 15 is 0 Å². The molecule has 0 spiro atoms. The van der Waals surface area contributed by atoms with E-state index in [1.165, 1.54) is 6.92 Å². The van der Waals surface area contributed by atoms with Crippen LogP contribution in [0.3, 0.4) is 0 Å². The molecule has 0 aromatic heterocycles. The third-order valence-corrected chi connectivity index (χ3v) is 2.20. The Hall–Kier alpha value is -1.56. The lowest BCUT2D eigenvalue weighted by atomic mass is 10.2. The fraction of sp³-hybridized carbons (Fsp3) is 0.417. The number of amides is 1. The summed E-state index contributed by atoms with van der Waals surface area (Å²) in [6, 6.07) is 8.23. The molecule has 3 nitrogen and oxygen atoms in total. The number of halogens is 3.